The highest BCUT2D eigenvalue weighted by Crippen LogP contribution is 2.18. The molecule has 0 saturated carbocycles. The topological polar surface area (TPSA) is 74.0 Å². The van der Waals surface area contributed by atoms with Crippen LogP contribution in [0, 0.1) is 22.0 Å². The molecule has 1 unspecified atom stereocenters. The molecular weight excluding hydrogens is 344 g/mol. The number of benzene rings is 2. The molecule has 3 rings (SSSR count). The van der Waals surface area contributed by atoms with Gasteiger partial charge in [-0.1, -0.05) is 24.0 Å². The lowest BCUT2D eigenvalue weighted by atomic mass is 10.2. The van der Waals surface area contributed by atoms with Gasteiger partial charge in [0.25, 0.3) is 5.69 Å². The van der Waals surface area contributed by atoms with Crippen LogP contribution >= 0.6 is 0 Å². The maximum atomic E-state index is 10.7. The Morgan fingerprint density at radius 3 is 2.78 bits per heavy atom. The van der Waals surface area contributed by atoms with E-state index in [1.165, 1.54) is 12.1 Å². The normalized spacial score (nSPS) is 16.7. The molecule has 27 heavy (non-hydrogen) atoms. The fraction of sp³-hybridized carbons (Fsp3) is 0.286. The number of aliphatic imine (C=N–C) groups is 1. The molecule has 6 nitrogen and oxygen atoms in total. The van der Waals surface area contributed by atoms with Gasteiger partial charge in [-0.2, -0.15) is 0 Å². The zero-order valence-corrected chi connectivity index (χ0v) is 14.8. The Hall–Kier alpha value is -3.01. The number of rotatable bonds is 5. The highest BCUT2D eigenvalue weighted by Gasteiger charge is 2.12. The fourth-order valence-corrected chi connectivity index (χ4v) is 2.63. The molecule has 0 radical (unpaired) electrons. The molecular formula is C21H20N2O4. The highest BCUT2D eigenvalue weighted by atomic mass is 16.7. The molecule has 1 heterocycles. The first kappa shape index (κ1) is 18.8. The summed E-state index contributed by atoms with van der Waals surface area (Å²) in [6.45, 7) is 1.06. The summed E-state index contributed by atoms with van der Waals surface area (Å²) in [5.74, 6) is 6.09. The van der Waals surface area contributed by atoms with Gasteiger partial charge in [-0.15, -0.1) is 0 Å². The summed E-state index contributed by atoms with van der Waals surface area (Å²) >= 11 is 0. The third-order valence-electron chi connectivity index (χ3n) is 4.06. The number of hydrogen-bond donors (Lipinski definition) is 0. The van der Waals surface area contributed by atoms with Crippen molar-refractivity contribution in [3.8, 4) is 11.8 Å². The molecule has 0 amide bonds. The monoisotopic (exact) mass is 364 g/mol. The van der Waals surface area contributed by atoms with E-state index in [4.69, 9.17) is 9.47 Å². The molecule has 1 fully saturated rings. The Morgan fingerprint density at radius 2 is 2.04 bits per heavy atom. The van der Waals surface area contributed by atoms with E-state index in [2.05, 4.69) is 16.8 Å². The Bertz CT molecular complexity index is 860. The van der Waals surface area contributed by atoms with Gasteiger partial charge >= 0.3 is 0 Å². The maximum absolute atomic E-state index is 10.7. The van der Waals surface area contributed by atoms with Crippen molar-refractivity contribution < 1.29 is 14.4 Å². The second-order valence-corrected chi connectivity index (χ2v) is 6.03. The minimum atomic E-state index is -0.424. The van der Waals surface area contributed by atoms with Crippen LogP contribution in [-0.4, -0.2) is 30.6 Å². The molecule has 0 spiro atoms. The molecule has 0 aliphatic carbocycles. The standard InChI is InChI=1S/C21H20N2O4/c24-23(25)19-12-10-17(11-13-19)16-22-20-8-2-1-6-18(20)7-5-15-27-21-9-3-4-14-26-21/h1-2,6,8,10-13,16,21H,3-4,9,14-15H2. The predicted molar refractivity (Wildman–Crippen MR) is 103 cm³/mol. The quantitative estimate of drug-likeness (QED) is 0.344. The lowest BCUT2D eigenvalue weighted by molar-refractivity contribution is -0.384. The summed E-state index contributed by atoms with van der Waals surface area (Å²) in [4.78, 5) is 14.7. The number of ether oxygens (including phenoxy) is 2. The van der Waals surface area contributed by atoms with Gasteiger partial charge in [-0.05, 0) is 49.1 Å². The molecule has 0 N–H and O–H groups in total. The van der Waals surface area contributed by atoms with Crippen LogP contribution in [0.3, 0.4) is 0 Å². The Morgan fingerprint density at radius 1 is 1.22 bits per heavy atom. The second-order valence-electron chi connectivity index (χ2n) is 6.03. The lowest BCUT2D eigenvalue weighted by Crippen LogP contribution is -2.22. The van der Waals surface area contributed by atoms with Crippen molar-refractivity contribution in [3.63, 3.8) is 0 Å². The summed E-state index contributed by atoms with van der Waals surface area (Å²) in [6, 6.07) is 13.8. The molecule has 2 aromatic rings. The average molecular weight is 364 g/mol. The van der Waals surface area contributed by atoms with Crippen molar-refractivity contribution in [1.82, 2.24) is 0 Å². The van der Waals surface area contributed by atoms with Gasteiger partial charge < -0.3 is 9.47 Å². The zero-order valence-electron chi connectivity index (χ0n) is 14.8. The van der Waals surface area contributed by atoms with E-state index in [1.54, 1.807) is 18.3 Å². The van der Waals surface area contributed by atoms with Crippen molar-refractivity contribution in [2.45, 2.75) is 25.6 Å². The van der Waals surface area contributed by atoms with Crippen LogP contribution in [0.2, 0.25) is 0 Å². The summed E-state index contributed by atoms with van der Waals surface area (Å²) in [7, 11) is 0. The van der Waals surface area contributed by atoms with Gasteiger partial charge in [0.1, 0.15) is 6.61 Å². The van der Waals surface area contributed by atoms with E-state index in [0.717, 1.165) is 42.7 Å². The summed E-state index contributed by atoms with van der Waals surface area (Å²) in [5, 5.41) is 10.7. The highest BCUT2D eigenvalue weighted by molar-refractivity contribution is 5.83. The number of hydrogen-bond acceptors (Lipinski definition) is 5. The van der Waals surface area contributed by atoms with E-state index < -0.39 is 4.92 Å². The average Bonchev–Trinajstić information content (AvgIpc) is 2.71. The van der Waals surface area contributed by atoms with Gasteiger partial charge in [0.15, 0.2) is 6.29 Å². The molecule has 2 aromatic carbocycles. The largest absolute Gasteiger partial charge is 0.353 e. The second kappa shape index (κ2) is 9.62. The van der Waals surface area contributed by atoms with Crippen LogP contribution < -0.4 is 0 Å². The number of nitro benzene ring substituents is 1. The molecule has 1 saturated heterocycles. The van der Waals surface area contributed by atoms with Crippen LogP contribution in [0.1, 0.15) is 30.4 Å². The van der Waals surface area contributed by atoms with Gasteiger partial charge in [0.05, 0.1) is 16.2 Å². The smallest absolute Gasteiger partial charge is 0.269 e. The van der Waals surface area contributed by atoms with Gasteiger partial charge in [0, 0.05) is 25.0 Å². The maximum Gasteiger partial charge on any atom is 0.269 e. The lowest BCUT2D eigenvalue weighted by Gasteiger charge is -2.21. The van der Waals surface area contributed by atoms with Gasteiger partial charge in [-0.3, -0.25) is 15.1 Å². The minimum absolute atomic E-state index is 0.0559. The minimum Gasteiger partial charge on any atom is -0.353 e. The SMILES string of the molecule is O=[N+]([O-])c1ccc(C=Nc2ccccc2C#CCOC2CCCCO2)cc1. The first-order valence-electron chi connectivity index (χ1n) is 8.82. The number of nitrogens with zero attached hydrogens (tertiary/aromatic N) is 2. The van der Waals surface area contributed by atoms with Crippen LogP contribution in [-0.2, 0) is 9.47 Å². The van der Waals surface area contributed by atoms with Crippen molar-refractivity contribution in [1.29, 1.82) is 0 Å². The summed E-state index contributed by atoms with van der Waals surface area (Å²) in [6.07, 6.45) is 4.64. The predicted octanol–water partition coefficient (Wildman–Crippen LogP) is 4.24. The number of nitro groups is 1. The Labute approximate surface area is 158 Å². The summed E-state index contributed by atoms with van der Waals surface area (Å²) in [5.41, 5.74) is 2.36. The third kappa shape index (κ3) is 5.74. The molecule has 1 aliphatic rings. The van der Waals surface area contributed by atoms with Crippen molar-refractivity contribution >= 4 is 17.6 Å². The van der Waals surface area contributed by atoms with Crippen LogP contribution in [0.15, 0.2) is 53.5 Å². The van der Waals surface area contributed by atoms with E-state index in [9.17, 15) is 10.1 Å². The Balaban J connectivity index is 1.63. The fourth-order valence-electron chi connectivity index (χ4n) is 2.63. The molecule has 138 valence electrons. The van der Waals surface area contributed by atoms with Crippen LogP contribution in [0.5, 0.6) is 0 Å². The van der Waals surface area contributed by atoms with E-state index >= 15 is 0 Å². The molecule has 1 aliphatic heterocycles. The van der Waals surface area contributed by atoms with Gasteiger partial charge in [-0.25, -0.2) is 0 Å². The molecule has 0 bridgehead atoms. The number of non-ortho nitro benzene ring substituents is 1. The van der Waals surface area contributed by atoms with Crippen molar-refractivity contribution in [2.24, 2.45) is 4.99 Å². The van der Waals surface area contributed by atoms with E-state index in [1.807, 2.05) is 24.3 Å². The van der Waals surface area contributed by atoms with Crippen molar-refractivity contribution in [3.05, 3.63) is 69.8 Å². The number of para-hydroxylation sites is 1. The van der Waals surface area contributed by atoms with Crippen molar-refractivity contribution in [2.75, 3.05) is 13.2 Å². The first-order chi connectivity index (χ1) is 13.2. The molecule has 6 heteroatoms. The molecule has 1 atom stereocenters. The third-order valence-corrected chi connectivity index (χ3v) is 4.06. The van der Waals surface area contributed by atoms with Crippen LogP contribution in [0.4, 0.5) is 11.4 Å². The Kier molecular flexibility index (Phi) is 6.69. The molecule has 0 aromatic heterocycles. The van der Waals surface area contributed by atoms with E-state index in [0.29, 0.717) is 6.61 Å². The van der Waals surface area contributed by atoms with Crippen LogP contribution in [0.25, 0.3) is 0 Å². The first-order valence-corrected chi connectivity index (χ1v) is 8.82. The summed E-state index contributed by atoms with van der Waals surface area (Å²) < 4.78 is 11.1. The van der Waals surface area contributed by atoms with E-state index in [-0.39, 0.29) is 12.0 Å². The van der Waals surface area contributed by atoms with Gasteiger partial charge in [0.2, 0.25) is 0 Å². The zero-order chi connectivity index (χ0) is 18.9.